The van der Waals surface area contributed by atoms with Crippen molar-refractivity contribution in [2.45, 2.75) is 177 Å². The molecule has 4 nitrogen and oxygen atoms in total. The van der Waals surface area contributed by atoms with Crippen molar-refractivity contribution in [2.75, 3.05) is 14.7 Å². The van der Waals surface area contributed by atoms with Crippen molar-refractivity contribution in [1.29, 1.82) is 0 Å². The van der Waals surface area contributed by atoms with Gasteiger partial charge < -0.3 is 19.1 Å². The first kappa shape index (κ1) is 49.6. The molecule has 1 aliphatic carbocycles. The summed E-state index contributed by atoms with van der Waals surface area (Å²) in [4.78, 5) is 7.69. The van der Waals surface area contributed by atoms with Gasteiger partial charge in [0.1, 0.15) is 5.76 Å². The fraction of sp³-hybridized carbons (Fsp3) is 0.403. The van der Waals surface area contributed by atoms with E-state index < -0.39 is 0 Å². The van der Waals surface area contributed by atoms with Crippen molar-refractivity contribution < 1.29 is 4.42 Å². The van der Waals surface area contributed by atoms with Crippen LogP contribution in [0.4, 0.5) is 51.2 Å². The molecule has 7 aromatic rings. The SMILES string of the molecule is Cc1cc2c3c(c1)N(c1c(C)cc(C(C)(C)C)cc1C)c1cc(N(c4ccc(C(C)(C)C)cc4)c4ccc(C(C)(C)C)cc4)ccc1B3c1oc3c(c1N2c1ccc(C(C)(C)C)cc1)C(C)(C)CCC3(C)C. The van der Waals surface area contributed by atoms with Crippen LogP contribution in [0.3, 0.4) is 0 Å². The van der Waals surface area contributed by atoms with Gasteiger partial charge in [0.05, 0.1) is 17.0 Å². The summed E-state index contributed by atoms with van der Waals surface area (Å²) in [6, 6.07) is 45.0. The lowest BCUT2D eigenvalue weighted by atomic mass is 9.35. The third-order valence-corrected chi connectivity index (χ3v) is 16.5. The average Bonchev–Trinajstić information content (AvgIpc) is 3.71. The van der Waals surface area contributed by atoms with Gasteiger partial charge in [-0.1, -0.05) is 165 Å². The molecule has 0 atom stereocenters. The molecule has 10 rings (SSSR count). The maximum Gasteiger partial charge on any atom is 0.297 e. The number of aryl methyl sites for hydroxylation is 3. The van der Waals surface area contributed by atoms with Crippen LogP contribution in [-0.2, 0) is 32.5 Å². The molecule has 3 aliphatic rings. The highest BCUT2D eigenvalue weighted by atomic mass is 16.3. The van der Waals surface area contributed by atoms with Crippen LogP contribution < -0.4 is 31.3 Å². The van der Waals surface area contributed by atoms with Crippen molar-refractivity contribution in [3.05, 3.63) is 166 Å². The number of rotatable bonds is 5. The highest BCUT2D eigenvalue weighted by molar-refractivity contribution is 6.99. The molecule has 0 amide bonds. The van der Waals surface area contributed by atoms with Crippen LogP contribution in [0.2, 0.25) is 0 Å². The van der Waals surface area contributed by atoms with Crippen LogP contribution >= 0.6 is 0 Å². The van der Waals surface area contributed by atoms with Crippen LogP contribution in [0.15, 0.2) is 120 Å². The Morgan fingerprint density at radius 1 is 0.472 bits per heavy atom. The molecule has 0 bridgehead atoms. The summed E-state index contributed by atoms with van der Waals surface area (Å²) in [5.41, 5.74) is 24.5. The Kier molecular flexibility index (Phi) is 11.4. The van der Waals surface area contributed by atoms with E-state index in [0.717, 1.165) is 41.3 Å². The quantitative estimate of drug-likeness (QED) is 0.160. The molecule has 6 aromatic carbocycles. The van der Waals surface area contributed by atoms with E-state index in [9.17, 15) is 0 Å². The molecule has 1 aromatic heterocycles. The minimum absolute atomic E-state index is 0.000404. The number of nitrogens with zero attached hydrogens (tertiary/aromatic N) is 3. The number of hydrogen-bond acceptors (Lipinski definition) is 4. The number of hydrogen-bond donors (Lipinski definition) is 0. The molecular weight excluding hydrogens is 874 g/mol. The minimum Gasteiger partial charge on any atom is -0.472 e. The van der Waals surface area contributed by atoms with Crippen molar-refractivity contribution in [1.82, 2.24) is 0 Å². The summed E-state index contributed by atoms with van der Waals surface area (Å²) in [7, 11) is 0. The molecule has 72 heavy (non-hydrogen) atoms. The van der Waals surface area contributed by atoms with Gasteiger partial charge in [0.25, 0.3) is 6.71 Å². The van der Waals surface area contributed by atoms with Crippen LogP contribution in [0.5, 0.6) is 0 Å². The Bertz CT molecular complexity index is 3170. The summed E-state index contributed by atoms with van der Waals surface area (Å²) < 4.78 is 7.71. The third-order valence-electron chi connectivity index (χ3n) is 16.5. The molecule has 5 heteroatoms. The molecule has 3 heterocycles. The number of benzene rings is 6. The first-order valence-corrected chi connectivity index (χ1v) is 26.8. The van der Waals surface area contributed by atoms with E-state index in [2.05, 4.69) is 262 Å². The Labute approximate surface area is 434 Å². The molecule has 372 valence electrons. The Morgan fingerprint density at radius 2 is 0.917 bits per heavy atom. The Morgan fingerprint density at radius 3 is 1.40 bits per heavy atom. The molecule has 0 saturated heterocycles. The van der Waals surface area contributed by atoms with E-state index in [1.165, 1.54) is 89.6 Å². The lowest BCUT2D eigenvalue weighted by molar-refractivity contribution is 0.282. The zero-order valence-electron chi connectivity index (χ0n) is 47.2. The van der Waals surface area contributed by atoms with E-state index in [1.807, 2.05) is 0 Å². The van der Waals surface area contributed by atoms with E-state index in [1.54, 1.807) is 0 Å². The topological polar surface area (TPSA) is 22.9 Å². The van der Waals surface area contributed by atoms with Crippen molar-refractivity contribution in [3.63, 3.8) is 0 Å². The Balaban J connectivity index is 1.30. The molecular formula is C67H80BN3O. The van der Waals surface area contributed by atoms with Gasteiger partial charge in [0.2, 0.25) is 0 Å². The predicted octanol–water partition coefficient (Wildman–Crippen LogP) is 17.3. The van der Waals surface area contributed by atoms with E-state index in [4.69, 9.17) is 4.42 Å². The molecule has 0 N–H and O–H groups in total. The van der Waals surface area contributed by atoms with Crippen LogP contribution in [0.1, 0.15) is 174 Å². The van der Waals surface area contributed by atoms with E-state index in [-0.39, 0.29) is 39.2 Å². The maximum atomic E-state index is 7.71. The van der Waals surface area contributed by atoms with Gasteiger partial charge in [-0.05, 0) is 171 Å². The van der Waals surface area contributed by atoms with E-state index >= 15 is 0 Å². The normalized spacial score (nSPS) is 16.0. The van der Waals surface area contributed by atoms with Gasteiger partial charge in [0.15, 0.2) is 0 Å². The van der Waals surface area contributed by atoms with Crippen LogP contribution in [-0.4, -0.2) is 6.71 Å². The molecule has 0 radical (unpaired) electrons. The molecule has 0 spiro atoms. The second-order valence-corrected chi connectivity index (χ2v) is 27.3. The van der Waals surface area contributed by atoms with Gasteiger partial charge in [0, 0.05) is 50.8 Å². The van der Waals surface area contributed by atoms with Crippen molar-refractivity contribution in [2.24, 2.45) is 0 Å². The van der Waals surface area contributed by atoms with Gasteiger partial charge in [-0.3, -0.25) is 0 Å². The van der Waals surface area contributed by atoms with Gasteiger partial charge >= 0.3 is 0 Å². The molecule has 0 fully saturated rings. The summed E-state index contributed by atoms with van der Waals surface area (Å²) in [6.45, 7) is 44.1. The summed E-state index contributed by atoms with van der Waals surface area (Å²) in [5.74, 6) is 1.14. The minimum atomic E-state index is -0.145. The fourth-order valence-corrected chi connectivity index (χ4v) is 12.1. The maximum absolute atomic E-state index is 7.71. The lowest BCUT2D eigenvalue weighted by Gasteiger charge is -2.45. The lowest BCUT2D eigenvalue weighted by Crippen LogP contribution is -2.61. The monoisotopic (exact) mass is 954 g/mol. The largest absolute Gasteiger partial charge is 0.472 e. The predicted molar refractivity (Wildman–Crippen MR) is 312 cm³/mol. The molecule has 0 unspecified atom stereocenters. The number of fused-ring (bicyclic) bond motifs is 6. The summed E-state index contributed by atoms with van der Waals surface area (Å²) in [6.07, 6.45) is 2.16. The molecule has 2 aliphatic heterocycles. The molecule has 0 saturated carbocycles. The Hall–Kier alpha value is -5.94. The first-order chi connectivity index (χ1) is 33.5. The van der Waals surface area contributed by atoms with Crippen LogP contribution in [0.25, 0.3) is 0 Å². The van der Waals surface area contributed by atoms with Gasteiger partial charge in [-0.15, -0.1) is 0 Å². The third kappa shape index (κ3) is 8.22. The summed E-state index contributed by atoms with van der Waals surface area (Å²) >= 11 is 0. The highest BCUT2D eigenvalue weighted by Gasteiger charge is 2.52. The van der Waals surface area contributed by atoms with Gasteiger partial charge in [-0.25, -0.2) is 0 Å². The van der Waals surface area contributed by atoms with Gasteiger partial charge in [-0.2, -0.15) is 0 Å². The zero-order valence-corrected chi connectivity index (χ0v) is 47.2. The second kappa shape index (κ2) is 16.5. The van der Waals surface area contributed by atoms with Crippen molar-refractivity contribution in [3.8, 4) is 0 Å². The number of furan rings is 1. The fourth-order valence-electron chi connectivity index (χ4n) is 12.1. The summed E-state index contributed by atoms with van der Waals surface area (Å²) in [5, 5.41) is 0. The smallest absolute Gasteiger partial charge is 0.297 e. The standard InChI is InChI=1S/C67H80BN3O/c1-41-36-54-57-55(37-41)71(58-42(2)38-47(39-43(58)3)65(13,14)15)53-40-51(69(48-26-20-44(21-27-48)62(4,5)6)49-28-22-45(23-29-49)63(7,8)9)32-33-52(53)68(57)61-59(56-60(72-61)67(18,19)35-34-66(56,16)17)70(54)50-30-24-46(25-31-50)64(10,11)12/h20-33,36-40H,34-35H2,1-19H3. The van der Waals surface area contributed by atoms with Crippen LogP contribution in [0, 0.1) is 20.8 Å². The van der Waals surface area contributed by atoms with E-state index in [0.29, 0.717) is 0 Å². The first-order valence-electron chi connectivity index (χ1n) is 26.8. The zero-order chi connectivity index (χ0) is 52.0. The van der Waals surface area contributed by atoms with Crippen molar-refractivity contribution >= 4 is 74.5 Å². The second-order valence-electron chi connectivity index (χ2n) is 27.3. The number of anilines is 9. The average molecular weight is 954 g/mol. The highest BCUT2D eigenvalue weighted by Crippen LogP contribution is 2.55.